The minimum absolute atomic E-state index is 0.803. The zero-order chi connectivity index (χ0) is 13.1. The summed E-state index contributed by atoms with van der Waals surface area (Å²) in [5.41, 5.74) is 4.20. The van der Waals surface area contributed by atoms with E-state index in [-0.39, 0.29) is 0 Å². The standard InChI is InChI=1S/C17H18ClN/c18-16-6-3-4-13(10-16)11-19-12-15-5-1-2-7-17(15)14-8-9-14/h1-7,10,14,19H,8-9,11-12H2. The van der Waals surface area contributed by atoms with Crippen molar-refractivity contribution < 1.29 is 0 Å². The Morgan fingerprint density at radius 1 is 1.00 bits per heavy atom. The molecule has 0 aromatic heterocycles. The molecule has 3 rings (SSSR count). The van der Waals surface area contributed by atoms with Crippen LogP contribution in [0.4, 0.5) is 0 Å². The molecule has 1 nitrogen and oxygen atoms in total. The van der Waals surface area contributed by atoms with Gasteiger partial charge in [-0.3, -0.25) is 0 Å². The summed E-state index contributed by atoms with van der Waals surface area (Å²) >= 11 is 5.99. The lowest BCUT2D eigenvalue weighted by Gasteiger charge is -2.10. The Bertz CT molecular complexity index is 561. The van der Waals surface area contributed by atoms with Gasteiger partial charge in [-0.05, 0) is 47.6 Å². The van der Waals surface area contributed by atoms with Crippen molar-refractivity contribution in [2.75, 3.05) is 0 Å². The first-order valence-corrected chi connectivity index (χ1v) is 7.24. The fourth-order valence-electron chi connectivity index (χ4n) is 2.48. The van der Waals surface area contributed by atoms with Crippen molar-refractivity contribution in [1.82, 2.24) is 5.32 Å². The molecule has 2 heteroatoms. The smallest absolute Gasteiger partial charge is 0.0409 e. The normalized spacial score (nSPS) is 14.6. The lowest BCUT2D eigenvalue weighted by molar-refractivity contribution is 0.688. The Morgan fingerprint density at radius 3 is 2.63 bits per heavy atom. The van der Waals surface area contributed by atoms with Gasteiger partial charge in [-0.1, -0.05) is 48.0 Å². The van der Waals surface area contributed by atoms with E-state index in [0.29, 0.717) is 0 Å². The summed E-state index contributed by atoms with van der Waals surface area (Å²) < 4.78 is 0. The van der Waals surface area contributed by atoms with E-state index in [0.717, 1.165) is 24.0 Å². The molecule has 1 N–H and O–H groups in total. The van der Waals surface area contributed by atoms with Crippen molar-refractivity contribution in [3.05, 3.63) is 70.2 Å². The number of hydrogen-bond acceptors (Lipinski definition) is 1. The van der Waals surface area contributed by atoms with Gasteiger partial charge in [-0.25, -0.2) is 0 Å². The minimum Gasteiger partial charge on any atom is -0.309 e. The maximum atomic E-state index is 5.99. The Hall–Kier alpha value is -1.31. The quantitative estimate of drug-likeness (QED) is 0.844. The molecule has 19 heavy (non-hydrogen) atoms. The highest BCUT2D eigenvalue weighted by molar-refractivity contribution is 6.30. The fourth-order valence-corrected chi connectivity index (χ4v) is 2.69. The summed E-state index contributed by atoms with van der Waals surface area (Å²) in [4.78, 5) is 0. The zero-order valence-electron chi connectivity index (χ0n) is 10.9. The van der Waals surface area contributed by atoms with E-state index in [9.17, 15) is 0 Å². The Labute approximate surface area is 119 Å². The van der Waals surface area contributed by atoms with Crippen molar-refractivity contribution >= 4 is 11.6 Å². The Balaban J connectivity index is 1.60. The Kier molecular flexibility index (Phi) is 3.86. The first-order chi connectivity index (χ1) is 9.33. The summed E-state index contributed by atoms with van der Waals surface area (Å²) in [6.45, 7) is 1.79. The van der Waals surface area contributed by atoms with E-state index in [4.69, 9.17) is 11.6 Å². The molecule has 2 aromatic carbocycles. The third-order valence-corrected chi connectivity index (χ3v) is 3.84. The molecule has 2 aromatic rings. The molecule has 1 aliphatic rings. The second kappa shape index (κ2) is 5.77. The maximum Gasteiger partial charge on any atom is 0.0409 e. The van der Waals surface area contributed by atoms with Crippen LogP contribution in [-0.4, -0.2) is 0 Å². The maximum absolute atomic E-state index is 5.99. The van der Waals surface area contributed by atoms with Crippen LogP contribution in [-0.2, 0) is 13.1 Å². The predicted molar refractivity (Wildman–Crippen MR) is 80.4 cm³/mol. The van der Waals surface area contributed by atoms with Gasteiger partial charge in [-0.15, -0.1) is 0 Å². The molecule has 1 aliphatic carbocycles. The molecule has 0 aliphatic heterocycles. The molecule has 0 radical (unpaired) electrons. The van der Waals surface area contributed by atoms with E-state index in [1.807, 2.05) is 18.2 Å². The van der Waals surface area contributed by atoms with Crippen LogP contribution >= 0.6 is 11.6 Å². The molecule has 0 amide bonds. The first-order valence-electron chi connectivity index (χ1n) is 6.86. The number of halogens is 1. The number of benzene rings is 2. The van der Waals surface area contributed by atoms with Gasteiger partial charge < -0.3 is 5.32 Å². The van der Waals surface area contributed by atoms with E-state index < -0.39 is 0 Å². The lowest BCUT2D eigenvalue weighted by atomic mass is 10.0. The van der Waals surface area contributed by atoms with Crippen molar-refractivity contribution in [2.45, 2.75) is 31.8 Å². The number of hydrogen-bond donors (Lipinski definition) is 1. The number of rotatable bonds is 5. The largest absolute Gasteiger partial charge is 0.309 e. The summed E-state index contributed by atoms with van der Waals surface area (Å²) in [5, 5.41) is 4.31. The average Bonchev–Trinajstić information content (AvgIpc) is 3.24. The molecular formula is C17H18ClN. The van der Waals surface area contributed by atoms with Crippen LogP contribution in [0.3, 0.4) is 0 Å². The van der Waals surface area contributed by atoms with Gasteiger partial charge in [0.2, 0.25) is 0 Å². The van der Waals surface area contributed by atoms with Gasteiger partial charge in [-0.2, -0.15) is 0 Å². The SMILES string of the molecule is Clc1cccc(CNCc2ccccc2C2CC2)c1. The van der Waals surface area contributed by atoms with Crippen LogP contribution in [0.2, 0.25) is 5.02 Å². The zero-order valence-corrected chi connectivity index (χ0v) is 11.7. The van der Waals surface area contributed by atoms with E-state index in [2.05, 4.69) is 35.6 Å². The molecule has 0 saturated heterocycles. The second-order valence-corrected chi connectivity index (χ2v) is 5.64. The third kappa shape index (κ3) is 3.37. The molecule has 0 heterocycles. The van der Waals surface area contributed by atoms with E-state index in [1.54, 1.807) is 0 Å². The van der Waals surface area contributed by atoms with Gasteiger partial charge in [0.15, 0.2) is 0 Å². The van der Waals surface area contributed by atoms with Crippen LogP contribution in [0.5, 0.6) is 0 Å². The van der Waals surface area contributed by atoms with Crippen LogP contribution in [0.15, 0.2) is 48.5 Å². The van der Waals surface area contributed by atoms with Gasteiger partial charge in [0.1, 0.15) is 0 Å². The molecule has 1 saturated carbocycles. The molecular weight excluding hydrogens is 254 g/mol. The molecule has 0 spiro atoms. The van der Waals surface area contributed by atoms with Crippen molar-refractivity contribution in [2.24, 2.45) is 0 Å². The summed E-state index contributed by atoms with van der Waals surface area (Å²) in [6.07, 6.45) is 2.70. The minimum atomic E-state index is 0.803. The number of nitrogens with one attached hydrogen (secondary N) is 1. The third-order valence-electron chi connectivity index (χ3n) is 3.61. The molecule has 98 valence electrons. The van der Waals surface area contributed by atoms with Gasteiger partial charge in [0, 0.05) is 18.1 Å². The molecule has 0 unspecified atom stereocenters. The van der Waals surface area contributed by atoms with Crippen molar-refractivity contribution in [3.8, 4) is 0 Å². The highest BCUT2D eigenvalue weighted by Crippen LogP contribution is 2.41. The highest BCUT2D eigenvalue weighted by Gasteiger charge is 2.25. The van der Waals surface area contributed by atoms with Gasteiger partial charge in [0.25, 0.3) is 0 Å². The van der Waals surface area contributed by atoms with Crippen molar-refractivity contribution in [1.29, 1.82) is 0 Å². The van der Waals surface area contributed by atoms with E-state index >= 15 is 0 Å². The molecule has 1 fully saturated rings. The van der Waals surface area contributed by atoms with Gasteiger partial charge in [0.05, 0.1) is 0 Å². The summed E-state index contributed by atoms with van der Waals surface area (Å²) in [5.74, 6) is 0.809. The Morgan fingerprint density at radius 2 is 1.84 bits per heavy atom. The predicted octanol–water partition coefficient (Wildman–Crippen LogP) is 4.51. The second-order valence-electron chi connectivity index (χ2n) is 5.21. The van der Waals surface area contributed by atoms with Crippen molar-refractivity contribution in [3.63, 3.8) is 0 Å². The van der Waals surface area contributed by atoms with Crippen LogP contribution < -0.4 is 5.32 Å². The average molecular weight is 272 g/mol. The van der Waals surface area contributed by atoms with E-state index in [1.165, 1.54) is 29.5 Å². The first kappa shape index (κ1) is 12.7. The summed E-state index contributed by atoms with van der Waals surface area (Å²) in [7, 11) is 0. The fraction of sp³-hybridized carbons (Fsp3) is 0.294. The monoisotopic (exact) mass is 271 g/mol. The van der Waals surface area contributed by atoms with Crippen LogP contribution in [0.25, 0.3) is 0 Å². The topological polar surface area (TPSA) is 12.0 Å². The van der Waals surface area contributed by atoms with Crippen LogP contribution in [0, 0.1) is 0 Å². The van der Waals surface area contributed by atoms with Crippen LogP contribution in [0.1, 0.15) is 35.4 Å². The highest BCUT2D eigenvalue weighted by atomic mass is 35.5. The molecule has 0 bridgehead atoms. The lowest BCUT2D eigenvalue weighted by Crippen LogP contribution is -2.13. The summed E-state index contributed by atoms with van der Waals surface area (Å²) in [6, 6.07) is 16.8. The van der Waals surface area contributed by atoms with Gasteiger partial charge >= 0.3 is 0 Å². The molecule has 0 atom stereocenters.